The van der Waals surface area contributed by atoms with Gasteiger partial charge < -0.3 is 19.9 Å². The van der Waals surface area contributed by atoms with Crippen LogP contribution in [0.4, 0.5) is 0 Å². The van der Waals surface area contributed by atoms with Crippen LogP contribution in [-0.4, -0.2) is 13.9 Å². The van der Waals surface area contributed by atoms with Gasteiger partial charge in [0.2, 0.25) is 6.79 Å². The molecule has 1 heterocycles. The van der Waals surface area contributed by atoms with E-state index in [1.807, 2.05) is 42.5 Å². The minimum absolute atomic E-state index is 0.0714. The lowest BCUT2D eigenvalue weighted by atomic mass is 9.99. The summed E-state index contributed by atoms with van der Waals surface area (Å²) in [5.41, 5.74) is 8.49. The number of methoxy groups -OCH3 is 1. The van der Waals surface area contributed by atoms with Crippen molar-refractivity contribution in [3.8, 4) is 17.2 Å². The molecular weight excluding hydrogens is 254 g/mol. The van der Waals surface area contributed by atoms with Crippen LogP contribution in [0.15, 0.2) is 42.5 Å². The van der Waals surface area contributed by atoms with Crippen LogP contribution in [0.1, 0.15) is 17.2 Å². The highest BCUT2D eigenvalue weighted by Gasteiger charge is 2.16. The van der Waals surface area contributed by atoms with Crippen molar-refractivity contribution in [1.29, 1.82) is 0 Å². The van der Waals surface area contributed by atoms with Crippen LogP contribution in [0.3, 0.4) is 0 Å². The minimum Gasteiger partial charge on any atom is -0.497 e. The smallest absolute Gasteiger partial charge is 0.231 e. The molecule has 0 bridgehead atoms. The number of fused-ring (bicyclic) bond motifs is 1. The Morgan fingerprint density at radius 2 is 1.85 bits per heavy atom. The number of ether oxygens (including phenoxy) is 3. The van der Waals surface area contributed by atoms with E-state index < -0.39 is 0 Å². The van der Waals surface area contributed by atoms with Gasteiger partial charge in [0.05, 0.1) is 7.11 Å². The first-order chi connectivity index (χ1) is 9.76. The largest absolute Gasteiger partial charge is 0.497 e. The third kappa shape index (κ3) is 2.56. The first-order valence-corrected chi connectivity index (χ1v) is 6.54. The second kappa shape index (κ2) is 5.43. The van der Waals surface area contributed by atoms with Crippen molar-refractivity contribution in [2.75, 3.05) is 13.9 Å². The standard InChI is InChI=1S/C16H17NO3/c1-18-13-5-2-11(3-6-13)8-14(17)12-4-7-15-16(9-12)20-10-19-15/h2-7,9,14H,8,10,17H2,1H3. The predicted molar refractivity (Wildman–Crippen MR) is 76.2 cm³/mol. The van der Waals surface area contributed by atoms with E-state index in [-0.39, 0.29) is 12.8 Å². The van der Waals surface area contributed by atoms with Crippen LogP contribution in [0.2, 0.25) is 0 Å². The predicted octanol–water partition coefficient (Wildman–Crippen LogP) is 2.67. The van der Waals surface area contributed by atoms with E-state index in [0.29, 0.717) is 0 Å². The van der Waals surface area contributed by atoms with Crippen molar-refractivity contribution >= 4 is 0 Å². The average molecular weight is 271 g/mol. The number of benzene rings is 2. The van der Waals surface area contributed by atoms with E-state index in [0.717, 1.165) is 29.2 Å². The quantitative estimate of drug-likeness (QED) is 0.929. The van der Waals surface area contributed by atoms with E-state index in [9.17, 15) is 0 Å². The van der Waals surface area contributed by atoms with Gasteiger partial charge in [-0.15, -0.1) is 0 Å². The topological polar surface area (TPSA) is 53.7 Å². The summed E-state index contributed by atoms with van der Waals surface area (Å²) in [6.45, 7) is 0.284. The molecule has 104 valence electrons. The highest BCUT2D eigenvalue weighted by Crippen LogP contribution is 2.34. The molecule has 20 heavy (non-hydrogen) atoms. The number of nitrogens with two attached hydrogens (primary N) is 1. The van der Waals surface area contributed by atoms with E-state index in [4.69, 9.17) is 19.9 Å². The number of hydrogen-bond donors (Lipinski definition) is 1. The van der Waals surface area contributed by atoms with Gasteiger partial charge in [-0.2, -0.15) is 0 Å². The average Bonchev–Trinajstić information content (AvgIpc) is 2.95. The zero-order chi connectivity index (χ0) is 13.9. The van der Waals surface area contributed by atoms with Crippen LogP contribution in [0, 0.1) is 0 Å². The Morgan fingerprint density at radius 1 is 1.10 bits per heavy atom. The third-order valence-electron chi connectivity index (χ3n) is 3.44. The second-order valence-corrected chi connectivity index (χ2v) is 4.77. The van der Waals surface area contributed by atoms with E-state index in [1.54, 1.807) is 7.11 Å². The Labute approximate surface area is 118 Å². The number of rotatable bonds is 4. The molecule has 1 atom stereocenters. The maximum atomic E-state index is 6.26. The first kappa shape index (κ1) is 12.8. The van der Waals surface area contributed by atoms with Crippen LogP contribution >= 0.6 is 0 Å². The summed E-state index contributed by atoms with van der Waals surface area (Å²) in [4.78, 5) is 0. The first-order valence-electron chi connectivity index (χ1n) is 6.54. The Balaban J connectivity index is 1.73. The lowest BCUT2D eigenvalue weighted by Crippen LogP contribution is -2.13. The fraction of sp³-hybridized carbons (Fsp3) is 0.250. The van der Waals surface area contributed by atoms with Gasteiger partial charge in [0.25, 0.3) is 0 Å². The van der Waals surface area contributed by atoms with Gasteiger partial charge in [0.1, 0.15) is 5.75 Å². The van der Waals surface area contributed by atoms with Crippen LogP contribution in [0.5, 0.6) is 17.2 Å². The van der Waals surface area contributed by atoms with Gasteiger partial charge in [0.15, 0.2) is 11.5 Å². The minimum atomic E-state index is -0.0714. The summed E-state index contributed by atoms with van der Waals surface area (Å²) < 4.78 is 15.8. The summed E-state index contributed by atoms with van der Waals surface area (Å²) in [7, 11) is 1.66. The molecule has 1 aliphatic heterocycles. The highest BCUT2D eigenvalue weighted by molar-refractivity contribution is 5.45. The van der Waals surface area contributed by atoms with Crippen LogP contribution < -0.4 is 19.9 Å². The second-order valence-electron chi connectivity index (χ2n) is 4.77. The van der Waals surface area contributed by atoms with Crippen molar-refractivity contribution in [3.05, 3.63) is 53.6 Å². The Kier molecular flexibility index (Phi) is 3.48. The summed E-state index contributed by atoms with van der Waals surface area (Å²) in [6, 6.07) is 13.7. The van der Waals surface area contributed by atoms with Gasteiger partial charge in [-0.3, -0.25) is 0 Å². The zero-order valence-electron chi connectivity index (χ0n) is 11.3. The van der Waals surface area contributed by atoms with Crippen molar-refractivity contribution in [3.63, 3.8) is 0 Å². The SMILES string of the molecule is COc1ccc(CC(N)c2ccc3c(c2)OCO3)cc1. The molecule has 4 heteroatoms. The molecule has 2 N–H and O–H groups in total. The van der Waals surface area contributed by atoms with Crippen molar-refractivity contribution in [1.82, 2.24) is 0 Å². The highest BCUT2D eigenvalue weighted by atomic mass is 16.7. The lowest BCUT2D eigenvalue weighted by molar-refractivity contribution is 0.174. The van der Waals surface area contributed by atoms with E-state index in [1.165, 1.54) is 5.56 Å². The van der Waals surface area contributed by atoms with E-state index >= 15 is 0 Å². The van der Waals surface area contributed by atoms with Crippen LogP contribution in [-0.2, 0) is 6.42 Å². The molecular formula is C16H17NO3. The molecule has 0 aromatic heterocycles. The van der Waals surface area contributed by atoms with Crippen molar-refractivity contribution in [2.24, 2.45) is 5.73 Å². The molecule has 0 radical (unpaired) electrons. The summed E-state index contributed by atoms with van der Waals surface area (Å²) >= 11 is 0. The molecule has 2 aromatic rings. The fourth-order valence-electron chi connectivity index (χ4n) is 2.28. The van der Waals surface area contributed by atoms with Gasteiger partial charge >= 0.3 is 0 Å². The monoisotopic (exact) mass is 271 g/mol. The molecule has 4 nitrogen and oxygen atoms in total. The molecule has 0 fully saturated rings. The summed E-state index contributed by atoms with van der Waals surface area (Å²) in [5, 5.41) is 0. The van der Waals surface area contributed by atoms with Crippen molar-refractivity contribution in [2.45, 2.75) is 12.5 Å². The molecule has 0 amide bonds. The van der Waals surface area contributed by atoms with Gasteiger partial charge in [-0.1, -0.05) is 18.2 Å². The van der Waals surface area contributed by atoms with E-state index in [2.05, 4.69) is 0 Å². The maximum Gasteiger partial charge on any atom is 0.231 e. The molecule has 1 unspecified atom stereocenters. The van der Waals surface area contributed by atoms with Crippen LogP contribution in [0.25, 0.3) is 0 Å². The molecule has 0 aliphatic carbocycles. The fourth-order valence-corrected chi connectivity index (χ4v) is 2.28. The molecule has 2 aromatic carbocycles. The van der Waals surface area contributed by atoms with Gasteiger partial charge in [-0.25, -0.2) is 0 Å². The molecule has 0 saturated heterocycles. The van der Waals surface area contributed by atoms with Crippen molar-refractivity contribution < 1.29 is 14.2 Å². The zero-order valence-corrected chi connectivity index (χ0v) is 11.3. The summed E-state index contributed by atoms with van der Waals surface area (Å²) in [5.74, 6) is 2.41. The lowest BCUT2D eigenvalue weighted by Gasteiger charge is -2.13. The third-order valence-corrected chi connectivity index (χ3v) is 3.44. The Bertz CT molecular complexity index is 595. The molecule has 0 spiro atoms. The van der Waals surface area contributed by atoms with Gasteiger partial charge in [-0.05, 0) is 41.8 Å². The maximum absolute atomic E-state index is 6.26. The molecule has 0 saturated carbocycles. The molecule has 1 aliphatic rings. The Hall–Kier alpha value is -2.20. The normalized spacial score (nSPS) is 14.1. The summed E-state index contributed by atoms with van der Waals surface area (Å²) in [6.07, 6.45) is 0.767. The number of hydrogen-bond acceptors (Lipinski definition) is 4. The molecule has 3 rings (SSSR count). The van der Waals surface area contributed by atoms with Gasteiger partial charge in [0, 0.05) is 6.04 Å². The Morgan fingerprint density at radius 3 is 2.60 bits per heavy atom.